The number of nitrogens with zero attached hydrogens (tertiary/aromatic N) is 1. The van der Waals surface area contributed by atoms with E-state index >= 15 is 0 Å². The number of aliphatic carboxylic acids is 2. The van der Waals surface area contributed by atoms with E-state index < -0.39 is 46.6 Å². The Morgan fingerprint density at radius 1 is 0.625 bits per heavy atom. The molecule has 12 nitrogen and oxygen atoms in total. The van der Waals surface area contributed by atoms with Gasteiger partial charge in [0, 0.05) is 29.8 Å². The van der Waals surface area contributed by atoms with Crippen molar-refractivity contribution in [1.29, 1.82) is 0 Å². The fourth-order valence-electron chi connectivity index (χ4n) is 7.24. The van der Waals surface area contributed by atoms with Gasteiger partial charge in [-0.05, 0) is 70.6 Å². The number of carbonyl (C=O) groups excluding carboxylic acids is 2. The normalized spacial score (nSPS) is 36.6. The van der Waals surface area contributed by atoms with Gasteiger partial charge >= 0.3 is 11.9 Å². The Morgan fingerprint density at radius 2 is 1.07 bits per heavy atom. The molecule has 4 N–H and O–H groups in total. The van der Waals surface area contributed by atoms with Gasteiger partial charge in [-0.1, -0.05) is 12.8 Å². The van der Waals surface area contributed by atoms with Crippen molar-refractivity contribution < 1.29 is 39.1 Å². The lowest BCUT2D eigenvalue weighted by Gasteiger charge is -2.36. The summed E-state index contributed by atoms with van der Waals surface area (Å²) >= 11 is 0. The van der Waals surface area contributed by atoms with Crippen molar-refractivity contribution >= 4 is 23.8 Å². The van der Waals surface area contributed by atoms with Crippen LogP contribution >= 0.6 is 0 Å². The smallest absolute Gasteiger partial charge is 0.307 e. The molecule has 2 amide bonds. The molecule has 4 fully saturated rings. The number of hydrogen-bond acceptors (Lipinski definition) is 7. The Morgan fingerprint density at radius 3 is 1.52 bits per heavy atom. The van der Waals surface area contributed by atoms with Crippen LogP contribution in [0, 0.1) is 33.8 Å². The zero-order valence-corrected chi connectivity index (χ0v) is 23.0. The minimum atomic E-state index is -1.16. The van der Waals surface area contributed by atoms with Crippen LogP contribution < -0.4 is 10.6 Å². The Kier molecular flexibility index (Phi) is 10.4. The summed E-state index contributed by atoms with van der Waals surface area (Å²) in [5.41, 5.74) is 0. The van der Waals surface area contributed by atoms with Crippen molar-refractivity contribution in [2.45, 2.75) is 127 Å². The van der Waals surface area contributed by atoms with Crippen LogP contribution in [0.4, 0.5) is 0 Å². The first-order valence-electron chi connectivity index (χ1n) is 15.0. The van der Waals surface area contributed by atoms with Crippen LogP contribution in [0.15, 0.2) is 0 Å². The molecule has 0 aromatic heterocycles. The number of carbonyl (C=O) groups is 4. The van der Waals surface area contributed by atoms with Gasteiger partial charge in [0.05, 0.1) is 35.9 Å². The van der Waals surface area contributed by atoms with Crippen LogP contribution in [0.5, 0.6) is 0 Å². The number of rotatable bonds is 9. The van der Waals surface area contributed by atoms with Gasteiger partial charge in [-0.2, -0.15) is 0 Å². The molecule has 5 unspecified atom stereocenters. The molecule has 40 heavy (non-hydrogen) atoms. The van der Waals surface area contributed by atoms with E-state index in [2.05, 4.69) is 10.6 Å². The molecule has 4 rings (SSSR count). The van der Waals surface area contributed by atoms with Crippen molar-refractivity contribution in [2.75, 3.05) is 0 Å². The molecule has 0 spiro atoms. The molecular formula is C28H43N3O9. The van der Waals surface area contributed by atoms with Crippen molar-refractivity contribution in [1.82, 2.24) is 10.6 Å². The molecule has 0 saturated heterocycles. The molecule has 224 valence electrons. The number of carboxylic acid groups (broad SMARTS) is 2. The maximum Gasteiger partial charge on any atom is 0.307 e. The largest absolute Gasteiger partial charge is 0.481 e. The molecule has 0 bridgehead atoms. The van der Waals surface area contributed by atoms with Gasteiger partial charge in [-0.15, -0.1) is 0 Å². The first kappa shape index (κ1) is 30.2. The van der Waals surface area contributed by atoms with Crippen LogP contribution in [-0.4, -0.2) is 69.2 Å². The predicted octanol–water partition coefficient (Wildman–Crippen LogP) is 2.90. The predicted molar refractivity (Wildman–Crippen MR) is 142 cm³/mol. The molecule has 12 heteroatoms. The standard InChI is InChI=1S/C28H43N3O9/c32-25(21-3-1-2-4-23(21)27(34)35)29-16-5-10-19(11-6-16)40-20-12-7-17(8-13-20)30-26(33)22-14-9-18(31(38)39)15-24(22)28(36)37/h16-24H,1-15H2,(H,29,32)(H,30,33)(H,34,35)(H,36,37). The highest BCUT2D eigenvalue weighted by atomic mass is 16.6. The maximum atomic E-state index is 12.9. The van der Waals surface area contributed by atoms with E-state index in [1.807, 2.05) is 0 Å². The van der Waals surface area contributed by atoms with E-state index in [1.165, 1.54) is 0 Å². The lowest BCUT2D eigenvalue weighted by atomic mass is 9.76. The summed E-state index contributed by atoms with van der Waals surface area (Å²) in [4.78, 5) is 59.6. The summed E-state index contributed by atoms with van der Waals surface area (Å²) in [6.07, 6.45) is 9.75. The molecule has 0 aliphatic heterocycles. The van der Waals surface area contributed by atoms with Crippen LogP contribution in [0.25, 0.3) is 0 Å². The number of nitrogens with one attached hydrogen (secondary N) is 2. The number of carboxylic acids is 2. The average Bonchev–Trinajstić information content (AvgIpc) is 2.94. The van der Waals surface area contributed by atoms with Crippen molar-refractivity contribution in [2.24, 2.45) is 23.7 Å². The Labute approximate surface area is 234 Å². The van der Waals surface area contributed by atoms with E-state index in [4.69, 9.17) is 4.74 Å². The van der Waals surface area contributed by atoms with E-state index in [1.54, 1.807) is 0 Å². The Bertz CT molecular complexity index is 943. The zero-order valence-electron chi connectivity index (χ0n) is 23.0. The molecule has 0 aromatic carbocycles. The Balaban J connectivity index is 1.15. The molecule has 0 heterocycles. The average molecular weight is 566 g/mol. The van der Waals surface area contributed by atoms with Crippen LogP contribution in [0.1, 0.15) is 96.3 Å². The first-order chi connectivity index (χ1) is 19.1. The van der Waals surface area contributed by atoms with E-state index in [9.17, 15) is 39.5 Å². The van der Waals surface area contributed by atoms with Crippen LogP contribution in [0.2, 0.25) is 0 Å². The molecule has 4 aliphatic rings. The SMILES string of the molecule is O=C(O)C1CCCCC1C(=O)NC1CCC(OC2CCC(NC(=O)C3CCC([N+](=O)[O-])CC3C(=O)O)CC2)CC1. The third kappa shape index (κ3) is 7.70. The molecular weight excluding hydrogens is 522 g/mol. The minimum Gasteiger partial charge on any atom is -0.481 e. The third-order valence-corrected chi connectivity index (χ3v) is 9.62. The van der Waals surface area contributed by atoms with Gasteiger partial charge in [-0.3, -0.25) is 29.3 Å². The summed E-state index contributed by atoms with van der Waals surface area (Å²) < 4.78 is 6.36. The van der Waals surface area contributed by atoms with E-state index in [0.717, 1.165) is 64.2 Å². The number of nitro groups is 1. The second-order valence-corrected chi connectivity index (χ2v) is 12.2. The monoisotopic (exact) mass is 565 g/mol. The second-order valence-electron chi connectivity index (χ2n) is 12.2. The van der Waals surface area contributed by atoms with Crippen molar-refractivity contribution in [3.63, 3.8) is 0 Å². The maximum absolute atomic E-state index is 12.9. The van der Waals surface area contributed by atoms with Crippen LogP contribution in [0.3, 0.4) is 0 Å². The molecule has 0 aromatic rings. The molecule has 4 aliphatic carbocycles. The lowest BCUT2D eigenvalue weighted by molar-refractivity contribution is -0.528. The van der Waals surface area contributed by atoms with E-state index in [0.29, 0.717) is 12.8 Å². The zero-order chi connectivity index (χ0) is 28.8. The number of hydrogen-bond donors (Lipinski definition) is 4. The summed E-state index contributed by atoms with van der Waals surface area (Å²) in [7, 11) is 0. The van der Waals surface area contributed by atoms with Gasteiger partial charge in [-0.25, -0.2) is 0 Å². The molecule has 4 saturated carbocycles. The topological polar surface area (TPSA) is 185 Å². The summed E-state index contributed by atoms with van der Waals surface area (Å²) in [5, 5.41) is 36.2. The van der Waals surface area contributed by atoms with Gasteiger partial charge < -0.3 is 25.6 Å². The van der Waals surface area contributed by atoms with E-state index in [-0.39, 0.29) is 55.4 Å². The van der Waals surface area contributed by atoms with Gasteiger partial charge in [0.2, 0.25) is 17.9 Å². The highest BCUT2D eigenvalue weighted by Crippen LogP contribution is 2.34. The van der Waals surface area contributed by atoms with Gasteiger partial charge in [0.15, 0.2) is 0 Å². The van der Waals surface area contributed by atoms with Gasteiger partial charge in [0.1, 0.15) is 0 Å². The molecule has 5 atom stereocenters. The summed E-state index contributed by atoms with van der Waals surface area (Å²) in [6.45, 7) is 0. The third-order valence-electron chi connectivity index (χ3n) is 9.62. The highest BCUT2D eigenvalue weighted by molar-refractivity contribution is 5.85. The quantitative estimate of drug-likeness (QED) is 0.241. The Hall–Kier alpha value is -2.76. The molecule has 0 radical (unpaired) electrons. The fourth-order valence-corrected chi connectivity index (χ4v) is 7.24. The van der Waals surface area contributed by atoms with Gasteiger partial charge in [0.25, 0.3) is 0 Å². The fraction of sp³-hybridized carbons (Fsp3) is 0.857. The lowest BCUT2D eigenvalue weighted by Crippen LogP contribution is -2.48. The summed E-state index contributed by atoms with van der Waals surface area (Å²) in [5.74, 6) is -5.29. The summed E-state index contributed by atoms with van der Waals surface area (Å²) in [6, 6.07) is -0.926. The van der Waals surface area contributed by atoms with Crippen LogP contribution in [-0.2, 0) is 23.9 Å². The highest BCUT2D eigenvalue weighted by Gasteiger charge is 2.44. The number of ether oxygens (including phenoxy) is 1. The van der Waals surface area contributed by atoms with Crippen molar-refractivity contribution in [3.8, 4) is 0 Å². The first-order valence-corrected chi connectivity index (χ1v) is 15.0. The minimum absolute atomic E-state index is 0.0460. The van der Waals surface area contributed by atoms with Crippen molar-refractivity contribution in [3.05, 3.63) is 10.1 Å². The second kappa shape index (κ2) is 13.7. The number of amides is 2.